The van der Waals surface area contributed by atoms with E-state index in [1.165, 1.54) is 24.1 Å². The molecule has 0 saturated carbocycles. The quantitative estimate of drug-likeness (QED) is 0.899. The molecule has 1 heterocycles. The average Bonchev–Trinajstić information content (AvgIpc) is 2.45. The Hall–Kier alpha value is -1.65. The molecule has 1 aliphatic carbocycles. The van der Waals surface area contributed by atoms with Gasteiger partial charge in [-0.25, -0.2) is 9.97 Å². The van der Waals surface area contributed by atoms with Crippen LogP contribution in [0.4, 0.5) is 5.82 Å². The molecule has 1 N–H and O–H groups in total. The standard InChI is InChI=1S/C16H26N4O/c1-11(2)16(21)17-9-10-20(4)15-13-7-5-6-8-14(13)18-12(3)19-15/h11H,5-10H2,1-4H3,(H,17,21). The van der Waals surface area contributed by atoms with Gasteiger partial charge in [-0.15, -0.1) is 0 Å². The van der Waals surface area contributed by atoms with Crippen molar-refractivity contribution in [3.8, 4) is 0 Å². The number of amides is 1. The second kappa shape index (κ2) is 6.87. The first-order valence-corrected chi connectivity index (χ1v) is 7.84. The summed E-state index contributed by atoms with van der Waals surface area (Å²) in [7, 11) is 2.04. The topological polar surface area (TPSA) is 58.1 Å². The van der Waals surface area contributed by atoms with Gasteiger partial charge in [0.15, 0.2) is 0 Å². The molecule has 5 heteroatoms. The van der Waals surface area contributed by atoms with Crippen molar-refractivity contribution >= 4 is 11.7 Å². The Morgan fingerprint density at radius 1 is 1.29 bits per heavy atom. The van der Waals surface area contributed by atoms with Gasteiger partial charge in [-0.2, -0.15) is 0 Å². The second-order valence-electron chi connectivity index (χ2n) is 6.09. The van der Waals surface area contributed by atoms with E-state index in [-0.39, 0.29) is 11.8 Å². The number of likely N-dealkylation sites (N-methyl/N-ethyl adjacent to an activating group) is 1. The van der Waals surface area contributed by atoms with Gasteiger partial charge in [-0.1, -0.05) is 13.8 Å². The van der Waals surface area contributed by atoms with Crippen molar-refractivity contribution in [1.29, 1.82) is 0 Å². The van der Waals surface area contributed by atoms with Crippen molar-refractivity contribution in [3.63, 3.8) is 0 Å². The molecule has 0 bridgehead atoms. The van der Waals surface area contributed by atoms with Crippen LogP contribution in [-0.4, -0.2) is 36.0 Å². The Morgan fingerprint density at radius 3 is 2.71 bits per heavy atom. The van der Waals surface area contributed by atoms with Gasteiger partial charge in [0, 0.05) is 37.3 Å². The Morgan fingerprint density at radius 2 is 2.00 bits per heavy atom. The number of hydrogen-bond donors (Lipinski definition) is 1. The zero-order valence-corrected chi connectivity index (χ0v) is 13.6. The normalized spacial score (nSPS) is 14.0. The molecule has 1 aliphatic rings. The summed E-state index contributed by atoms with van der Waals surface area (Å²) in [6, 6.07) is 0. The van der Waals surface area contributed by atoms with E-state index in [2.05, 4.69) is 20.2 Å². The molecule has 1 aromatic rings. The van der Waals surface area contributed by atoms with Crippen molar-refractivity contribution in [2.75, 3.05) is 25.0 Å². The zero-order chi connectivity index (χ0) is 15.4. The van der Waals surface area contributed by atoms with Crippen LogP contribution in [0.2, 0.25) is 0 Å². The lowest BCUT2D eigenvalue weighted by molar-refractivity contribution is -0.123. The van der Waals surface area contributed by atoms with Crippen LogP contribution in [0.3, 0.4) is 0 Å². The van der Waals surface area contributed by atoms with E-state index < -0.39 is 0 Å². The molecule has 5 nitrogen and oxygen atoms in total. The summed E-state index contributed by atoms with van der Waals surface area (Å²) in [4.78, 5) is 22.9. The molecule has 0 unspecified atom stereocenters. The van der Waals surface area contributed by atoms with Gasteiger partial charge in [-0.05, 0) is 32.6 Å². The Balaban J connectivity index is 2.03. The highest BCUT2D eigenvalue weighted by Gasteiger charge is 2.19. The van der Waals surface area contributed by atoms with Crippen LogP contribution in [-0.2, 0) is 17.6 Å². The van der Waals surface area contributed by atoms with Crippen LogP contribution in [0.1, 0.15) is 43.8 Å². The van der Waals surface area contributed by atoms with Gasteiger partial charge in [0.25, 0.3) is 0 Å². The fourth-order valence-corrected chi connectivity index (χ4v) is 2.67. The molecule has 0 spiro atoms. The summed E-state index contributed by atoms with van der Waals surface area (Å²) in [6.45, 7) is 7.17. The van der Waals surface area contributed by atoms with Gasteiger partial charge in [0.05, 0.1) is 0 Å². The highest BCUT2D eigenvalue weighted by molar-refractivity contribution is 5.77. The van der Waals surface area contributed by atoms with Gasteiger partial charge >= 0.3 is 0 Å². The van der Waals surface area contributed by atoms with Crippen LogP contribution >= 0.6 is 0 Å². The van der Waals surface area contributed by atoms with Crippen molar-refractivity contribution in [3.05, 3.63) is 17.1 Å². The summed E-state index contributed by atoms with van der Waals surface area (Å²) < 4.78 is 0. The molecule has 1 amide bonds. The van der Waals surface area contributed by atoms with Crippen molar-refractivity contribution in [2.24, 2.45) is 5.92 Å². The third-order valence-electron chi connectivity index (χ3n) is 3.91. The third-order valence-corrected chi connectivity index (χ3v) is 3.91. The van der Waals surface area contributed by atoms with E-state index in [1.54, 1.807) is 0 Å². The van der Waals surface area contributed by atoms with Crippen molar-refractivity contribution in [1.82, 2.24) is 15.3 Å². The molecule has 0 fully saturated rings. The van der Waals surface area contributed by atoms with Crippen LogP contribution in [0.25, 0.3) is 0 Å². The highest BCUT2D eigenvalue weighted by atomic mass is 16.1. The molecular weight excluding hydrogens is 264 g/mol. The van der Waals surface area contributed by atoms with E-state index in [0.29, 0.717) is 6.54 Å². The molecule has 21 heavy (non-hydrogen) atoms. The number of carbonyl (C=O) groups is 1. The number of aryl methyl sites for hydroxylation is 2. The van der Waals surface area contributed by atoms with Crippen LogP contribution in [0.15, 0.2) is 0 Å². The predicted molar refractivity (Wildman–Crippen MR) is 84.5 cm³/mol. The summed E-state index contributed by atoms with van der Waals surface area (Å²) in [5.74, 6) is 2.01. The summed E-state index contributed by atoms with van der Waals surface area (Å²) in [6.07, 6.45) is 4.55. The maximum Gasteiger partial charge on any atom is 0.222 e. The minimum atomic E-state index is 0.0318. The maximum atomic E-state index is 11.6. The lowest BCUT2D eigenvalue weighted by atomic mass is 9.96. The van der Waals surface area contributed by atoms with E-state index in [4.69, 9.17) is 0 Å². The van der Waals surface area contributed by atoms with Crippen molar-refractivity contribution < 1.29 is 4.79 Å². The van der Waals surface area contributed by atoms with E-state index >= 15 is 0 Å². The van der Waals surface area contributed by atoms with Crippen LogP contribution < -0.4 is 10.2 Å². The lowest BCUT2D eigenvalue weighted by Crippen LogP contribution is -2.36. The molecule has 1 aromatic heterocycles. The number of anilines is 1. The summed E-state index contributed by atoms with van der Waals surface area (Å²) in [5.41, 5.74) is 2.51. The van der Waals surface area contributed by atoms with E-state index in [1.807, 2.05) is 27.8 Å². The van der Waals surface area contributed by atoms with Gasteiger partial charge in [-0.3, -0.25) is 4.79 Å². The molecule has 2 rings (SSSR count). The smallest absolute Gasteiger partial charge is 0.222 e. The Bertz CT molecular complexity index is 513. The van der Waals surface area contributed by atoms with Crippen LogP contribution in [0.5, 0.6) is 0 Å². The second-order valence-corrected chi connectivity index (χ2v) is 6.09. The first-order chi connectivity index (χ1) is 9.99. The maximum absolute atomic E-state index is 11.6. The lowest BCUT2D eigenvalue weighted by Gasteiger charge is -2.25. The van der Waals surface area contributed by atoms with Gasteiger partial charge in [0.2, 0.25) is 5.91 Å². The number of carbonyl (C=O) groups excluding carboxylic acids is 1. The fraction of sp³-hybridized carbons (Fsp3) is 0.688. The SMILES string of the molecule is Cc1nc2c(c(N(C)CCNC(=O)C(C)C)n1)CCCC2. The highest BCUT2D eigenvalue weighted by Crippen LogP contribution is 2.27. The fourth-order valence-electron chi connectivity index (χ4n) is 2.67. The average molecular weight is 290 g/mol. The molecule has 116 valence electrons. The molecule has 0 aliphatic heterocycles. The largest absolute Gasteiger partial charge is 0.358 e. The first kappa shape index (κ1) is 15.7. The van der Waals surface area contributed by atoms with Gasteiger partial charge < -0.3 is 10.2 Å². The number of rotatable bonds is 5. The summed E-state index contributed by atoms with van der Waals surface area (Å²) in [5, 5.41) is 2.95. The molecule has 0 atom stereocenters. The number of aromatic nitrogens is 2. The Kier molecular flexibility index (Phi) is 5.15. The predicted octanol–water partition coefficient (Wildman–Crippen LogP) is 1.87. The van der Waals surface area contributed by atoms with E-state index in [0.717, 1.165) is 31.0 Å². The number of hydrogen-bond acceptors (Lipinski definition) is 4. The number of fused-ring (bicyclic) bond motifs is 1. The molecule has 0 saturated heterocycles. The van der Waals surface area contributed by atoms with Crippen LogP contribution in [0, 0.1) is 12.8 Å². The minimum absolute atomic E-state index is 0.0318. The minimum Gasteiger partial charge on any atom is -0.358 e. The van der Waals surface area contributed by atoms with Crippen molar-refractivity contribution in [2.45, 2.75) is 46.5 Å². The monoisotopic (exact) mass is 290 g/mol. The molecular formula is C16H26N4O. The van der Waals surface area contributed by atoms with E-state index in [9.17, 15) is 4.79 Å². The zero-order valence-electron chi connectivity index (χ0n) is 13.6. The van der Waals surface area contributed by atoms with Gasteiger partial charge in [0.1, 0.15) is 11.6 Å². The number of nitrogens with one attached hydrogen (secondary N) is 1. The Labute approximate surface area is 127 Å². The third kappa shape index (κ3) is 3.93. The molecule has 0 aromatic carbocycles. The summed E-state index contributed by atoms with van der Waals surface area (Å²) >= 11 is 0. The number of nitrogens with zero attached hydrogens (tertiary/aromatic N) is 3. The first-order valence-electron chi connectivity index (χ1n) is 7.84. The molecule has 0 radical (unpaired) electrons.